The molecule has 13 heavy (non-hydrogen) atoms. The summed E-state index contributed by atoms with van der Waals surface area (Å²) < 4.78 is 4.46. The Hall–Kier alpha value is -1.03. The minimum Gasteiger partial charge on any atom is -0.512 e. The van der Waals surface area contributed by atoms with Crippen molar-refractivity contribution in [3.8, 4) is 0 Å². The van der Waals surface area contributed by atoms with E-state index in [0.29, 0.717) is 25.1 Å². The van der Waals surface area contributed by atoms with Crippen molar-refractivity contribution in [2.24, 2.45) is 0 Å². The number of rotatable bonds is 1. The summed E-state index contributed by atoms with van der Waals surface area (Å²) in [6.45, 7) is 5.12. The second-order valence-electron chi connectivity index (χ2n) is 2.34. The first kappa shape index (κ1) is 12.0. The van der Waals surface area contributed by atoms with Crippen LogP contribution in [0.15, 0.2) is 11.3 Å². The standard InChI is InChI=1S/C7H11NO3.C2H6/c1-11-7(10)5-4-8-3-2-6(5)9;1-2/h8-9H,2-4H2,1H3;1-2H3. The molecular weight excluding hydrogens is 170 g/mol. The Kier molecular flexibility index (Phi) is 5.97. The largest absolute Gasteiger partial charge is 0.512 e. The number of carbonyl (C=O) groups is 1. The van der Waals surface area contributed by atoms with E-state index in [-0.39, 0.29) is 5.76 Å². The van der Waals surface area contributed by atoms with Crippen LogP contribution < -0.4 is 5.32 Å². The van der Waals surface area contributed by atoms with E-state index in [0.717, 1.165) is 0 Å². The molecule has 0 spiro atoms. The third-order valence-corrected chi connectivity index (χ3v) is 1.62. The van der Waals surface area contributed by atoms with Gasteiger partial charge in [0.1, 0.15) is 5.76 Å². The summed E-state index contributed by atoms with van der Waals surface area (Å²) in [5, 5.41) is 12.2. The fraction of sp³-hybridized carbons (Fsp3) is 0.667. The maximum absolute atomic E-state index is 10.9. The molecule has 0 saturated carbocycles. The molecule has 4 heteroatoms. The zero-order valence-corrected chi connectivity index (χ0v) is 8.39. The molecule has 0 unspecified atom stereocenters. The van der Waals surface area contributed by atoms with Crippen LogP contribution in [0, 0.1) is 0 Å². The van der Waals surface area contributed by atoms with E-state index >= 15 is 0 Å². The predicted octanol–water partition coefficient (Wildman–Crippen LogP) is 0.991. The first-order valence-corrected chi connectivity index (χ1v) is 4.45. The number of esters is 1. The van der Waals surface area contributed by atoms with Gasteiger partial charge in [0.2, 0.25) is 0 Å². The summed E-state index contributed by atoms with van der Waals surface area (Å²) in [4.78, 5) is 10.9. The SMILES string of the molecule is CC.COC(=O)C1=C(O)CCNC1. The van der Waals surface area contributed by atoms with E-state index in [9.17, 15) is 9.90 Å². The lowest BCUT2D eigenvalue weighted by molar-refractivity contribution is -0.136. The maximum atomic E-state index is 10.9. The van der Waals surface area contributed by atoms with Gasteiger partial charge in [-0.15, -0.1) is 0 Å². The van der Waals surface area contributed by atoms with Crippen molar-refractivity contribution in [3.63, 3.8) is 0 Å². The summed E-state index contributed by atoms with van der Waals surface area (Å²) in [7, 11) is 1.30. The molecule has 0 fully saturated rings. The number of nitrogens with one attached hydrogen (secondary N) is 1. The first-order chi connectivity index (χ1) is 6.25. The van der Waals surface area contributed by atoms with E-state index in [2.05, 4.69) is 10.1 Å². The van der Waals surface area contributed by atoms with Gasteiger partial charge in [0, 0.05) is 19.5 Å². The number of ether oxygens (including phenoxy) is 1. The van der Waals surface area contributed by atoms with Crippen LogP contribution in [-0.2, 0) is 9.53 Å². The van der Waals surface area contributed by atoms with Gasteiger partial charge < -0.3 is 15.2 Å². The Morgan fingerprint density at radius 1 is 1.54 bits per heavy atom. The Morgan fingerprint density at radius 2 is 2.15 bits per heavy atom. The van der Waals surface area contributed by atoms with Crippen LogP contribution in [0.4, 0.5) is 0 Å². The normalized spacial score (nSPS) is 15.9. The van der Waals surface area contributed by atoms with Gasteiger partial charge in [-0.05, 0) is 0 Å². The van der Waals surface area contributed by atoms with Crippen molar-refractivity contribution in [1.82, 2.24) is 5.32 Å². The van der Waals surface area contributed by atoms with Crippen LogP contribution in [-0.4, -0.2) is 31.3 Å². The van der Waals surface area contributed by atoms with Gasteiger partial charge in [-0.25, -0.2) is 4.79 Å². The molecule has 1 aliphatic heterocycles. The quantitative estimate of drug-likeness (QED) is 0.601. The second kappa shape index (κ2) is 6.48. The van der Waals surface area contributed by atoms with Crippen molar-refractivity contribution in [2.75, 3.05) is 20.2 Å². The number of hydrogen-bond acceptors (Lipinski definition) is 4. The molecule has 0 aromatic rings. The average molecular weight is 187 g/mol. The molecule has 4 nitrogen and oxygen atoms in total. The number of hydrogen-bond donors (Lipinski definition) is 2. The molecule has 0 bridgehead atoms. The Morgan fingerprint density at radius 3 is 2.62 bits per heavy atom. The monoisotopic (exact) mass is 187 g/mol. The van der Waals surface area contributed by atoms with Gasteiger partial charge in [-0.3, -0.25) is 0 Å². The maximum Gasteiger partial charge on any atom is 0.338 e. The van der Waals surface area contributed by atoms with Gasteiger partial charge in [-0.2, -0.15) is 0 Å². The fourth-order valence-electron chi connectivity index (χ4n) is 0.986. The molecule has 0 aromatic heterocycles. The van der Waals surface area contributed by atoms with Crippen molar-refractivity contribution >= 4 is 5.97 Å². The van der Waals surface area contributed by atoms with Crippen molar-refractivity contribution in [1.29, 1.82) is 0 Å². The molecule has 1 heterocycles. The van der Waals surface area contributed by atoms with Crippen LogP contribution in [0.25, 0.3) is 0 Å². The summed E-state index contributed by atoms with van der Waals surface area (Å²) in [5.41, 5.74) is 0.346. The molecule has 0 saturated heterocycles. The van der Waals surface area contributed by atoms with E-state index in [1.165, 1.54) is 7.11 Å². The van der Waals surface area contributed by atoms with Crippen LogP contribution >= 0.6 is 0 Å². The second-order valence-corrected chi connectivity index (χ2v) is 2.34. The molecule has 0 aliphatic carbocycles. The molecule has 1 aliphatic rings. The third-order valence-electron chi connectivity index (χ3n) is 1.62. The highest BCUT2D eigenvalue weighted by Gasteiger charge is 2.18. The molecule has 2 N–H and O–H groups in total. The molecular formula is C9H17NO3. The van der Waals surface area contributed by atoms with Crippen LogP contribution in [0.3, 0.4) is 0 Å². The molecule has 76 valence electrons. The van der Waals surface area contributed by atoms with Crippen LogP contribution in [0.5, 0.6) is 0 Å². The summed E-state index contributed by atoms with van der Waals surface area (Å²) in [6, 6.07) is 0. The van der Waals surface area contributed by atoms with E-state index in [1.807, 2.05) is 13.8 Å². The first-order valence-electron chi connectivity index (χ1n) is 4.45. The average Bonchev–Trinajstić information content (AvgIpc) is 2.20. The van der Waals surface area contributed by atoms with Gasteiger partial charge in [0.25, 0.3) is 0 Å². The zero-order valence-electron chi connectivity index (χ0n) is 8.39. The van der Waals surface area contributed by atoms with Gasteiger partial charge in [0.15, 0.2) is 0 Å². The number of carbonyl (C=O) groups excluding carboxylic acids is 1. The molecule has 0 atom stereocenters. The lowest BCUT2D eigenvalue weighted by Crippen LogP contribution is -2.29. The molecule has 0 amide bonds. The minimum atomic E-state index is -0.449. The number of aliphatic hydroxyl groups excluding tert-OH is 1. The smallest absolute Gasteiger partial charge is 0.338 e. The highest BCUT2D eigenvalue weighted by atomic mass is 16.5. The number of aliphatic hydroxyl groups is 1. The Balaban J connectivity index is 0.000000671. The number of methoxy groups -OCH3 is 1. The van der Waals surface area contributed by atoms with E-state index in [4.69, 9.17) is 0 Å². The van der Waals surface area contributed by atoms with Crippen LogP contribution in [0.2, 0.25) is 0 Å². The lowest BCUT2D eigenvalue weighted by Gasteiger charge is -2.14. The molecule has 0 aromatic carbocycles. The fourth-order valence-corrected chi connectivity index (χ4v) is 0.986. The van der Waals surface area contributed by atoms with Gasteiger partial charge in [0.05, 0.1) is 12.7 Å². The summed E-state index contributed by atoms with van der Waals surface area (Å²) in [5.74, 6) is -0.301. The minimum absolute atomic E-state index is 0.149. The van der Waals surface area contributed by atoms with Gasteiger partial charge >= 0.3 is 5.97 Å². The Bertz CT molecular complexity index is 199. The predicted molar refractivity (Wildman–Crippen MR) is 50.5 cm³/mol. The molecule has 0 radical (unpaired) electrons. The summed E-state index contributed by atoms with van der Waals surface area (Å²) in [6.07, 6.45) is 0.504. The van der Waals surface area contributed by atoms with Gasteiger partial charge in [-0.1, -0.05) is 13.8 Å². The van der Waals surface area contributed by atoms with Crippen molar-refractivity contribution < 1.29 is 14.6 Å². The van der Waals surface area contributed by atoms with E-state index in [1.54, 1.807) is 0 Å². The van der Waals surface area contributed by atoms with E-state index < -0.39 is 5.97 Å². The van der Waals surface area contributed by atoms with Crippen LogP contribution in [0.1, 0.15) is 20.3 Å². The topological polar surface area (TPSA) is 58.6 Å². The Labute approximate surface area is 78.6 Å². The van der Waals surface area contributed by atoms with Crippen molar-refractivity contribution in [3.05, 3.63) is 11.3 Å². The van der Waals surface area contributed by atoms with Crippen molar-refractivity contribution in [2.45, 2.75) is 20.3 Å². The lowest BCUT2D eigenvalue weighted by atomic mass is 10.1. The highest BCUT2D eigenvalue weighted by molar-refractivity contribution is 5.89. The summed E-state index contributed by atoms with van der Waals surface area (Å²) >= 11 is 0. The highest BCUT2D eigenvalue weighted by Crippen LogP contribution is 2.09. The molecule has 1 rings (SSSR count). The zero-order chi connectivity index (χ0) is 10.3. The third kappa shape index (κ3) is 3.46.